The van der Waals surface area contributed by atoms with Gasteiger partial charge in [0.25, 0.3) is 10.0 Å². The Labute approximate surface area is 146 Å². The van der Waals surface area contributed by atoms with Crippen molar-refractivity contribution in [3.63, 3.8) is 0 Å². The van der Waals surface area contributed by atoms with Crippen LogP contribution in [0.1, 0.15) is 5.69 Å². The number of hydrogen-bond acceptors (Lipinski definition) is 8. The van der Waals surface area contributed by atoms with Gasteiger partial charge in [0.15, 0.2) is 0 Å². The predicted octanol–water partition coefficient (Wildman–Crippen LogP) is -0.140. The van der Waals surface area contributed by atoms with Gasteiger partial charge in [-0.2, -0.15) is 0 Å². The molecule has 3 N–H and O–H groups in total. The number of sulfonamides is 1. The molecule has 0 saturated carbocycles. The van der Waals surface area contributed by atoms with Gasteiger partial charge in [-0.3, -0.25) is 4.79 Å². The lowest BCUT2D eigenvalue weighted by Gasteiger charge is -2.03. The third kappa shape index (κ3) is 4.10. The number of amides is 1. The second-order valence-electron chi connectivity index (χ2n) is 5.02. The van der Waals surface area contributed by atoms with Crippen LogP contribution >= 0.6 is 11.3 Å². The van der Waals surface area contributed by atoms with Crippen LogP contribution in [-0.4, -0.2) is 41.4 Å². The van der Waals surface area contributed by atoms with E-state index in [0.717, 1.165) is 11.3 Å². The Morgan fingerprint density at radius 1 is 1.44 bits per heavy atom. The second-order valence-corrected chi connectivity index (χ2v) is 7.79. The Kier molecular flexibility index (Phi) is 4.65. The average Bonchev–Trinajstić information content (AvgIpc) is 3.18. The van der Waals surface area contributed by atoms with E-state index in [2.05, 4.69) is 20.6 Å². The summed E-state index contributed by atoms with van der Waals surface area (Å²) in [6.07, 6.45) is 1.61. The lowest BCUT2D eigenvalue weighted by atomic mass is 10.3. The molecule has 2 heterocycles. The largest absolute Gasteiger partial charge is 0.487 e. The molecule has 0 aliphatic rings. The van der Waals surface area contributed by atoms with Gasteiger partial charge in [-0.15, -0.1) is 16.4 Å². The zero-order valence-corrected chi connectivity index (χ0v) is 14.7. The van der Waals surface area contributed by atoms with Crippen LogP contribution in [0.2, 0.25) is 0 Å². The van der Waals surface area contributed by atoms with E-state index in [-0.39, 0.29) is 23.4 Å². The Morgan fingerprint density at radius 2 is 2.24 bits per heavy atom. The minimum Gasteiger partial charge on any atom is -0.487 e. The van der Waals surface area contributed by atoms with Crippen LogP contribution in [0.3, 0.4) is 0 Å². The van der Waals surface area contributed by atoms with E-state index in [0.29, 0.717) is 21.7 Å². The van der Waals surface area contributed by atoms with Crippen molar-refractivity contribution in [2.24, 2.45) is 5.14 Å². The molecule has 0 fully saturated rings. The molecule has 0 aliphatic carbocycles. The first-order valence-electron chi connectivity index (χ1n) is 7.01. The van der Waals surface area contributed by atoms with Gasteiger partial charge in [0.2, 0.25) is 10.2 Å². The van der Waals surface area contributed by atoms with E-state index in [9.17, 15) is 13.2 Å². The number of aromatic nitrogens is 4. The average molecular weight is 382 g/mol. The summed E-state index contributed by atoms with van der Waals surface area (Å²) < 4.78 is 30.2. The van der Waals surface area contributed by atoms with E-state index < -0.39 is 10.0 Å². The smallest absolute Gasteiger partial charge is 0.265 e. The number of nitrogens with zero attached hydrogens (tertiary/aromatic N) is 4. The normalized spacial score (nSPS) is 11.6. The first-order valence-corrected chi connectivity index (χ1v) is 9.37. The van der Waals surface area contributed by atoms with Crippen LogP contribution in [-0.2, 0) is 28.0 Å². The molecule has 1 aromatic carbocycles. The maximum Gasteiger partial charge on any atom is 0.265 e. The van der Waals surface area contributed by atoms with Crippen LogP contribution in [0.25, 0.3) is 10.2 Å². The Hall–Kier alpha value is -2.57. The van der Waals surface area contributed by atoms with E-state index in [1.54, 1.807) is 31.4 Å². The minimum atomic E-state index is -3.83. The first-order chi connectivity index (χ1) is 11.8. The van der Waals surface area contributed by atoms with E-state index >= 15 is 0 Å². The summed E-state index contributed by atoms with van der Waals surface area (Å²) in [4.78, 5) is 15.2. The number of carbonyl (C=O) groups excluding carboxylic acids is 1. The van der Waals surface area contributed by atoms with Crippen molar-refractivity contribution in [1.82, 2.24) is 25.3 Å². The molecular formula is C13H14N6O4S2. The fraction of sp³-hybridized carbons (Fsp3) is 0.231. The number of rotatable bonds is 6. The maximum absolute atomic E-state index is 11.3. The highest BCUT2D eigenvalue weighted by molar-refractivity contribution is 7.91. The van der Waals surface area contributed by atoms with Crippen LogP contribution < -0.4 is 15.2 Å². The number of ether oxygens (including phenoxy) is 1. The zero-order chi connectivity index (χ0) is 18.0. The van der Waals surface area contributed by atoms with Crippen LogP contribution in [0.15, 0.2) is 28.7 Å². The van der Waals surface area contributed by atoms with Crippen molar-refractivity contribution in [3.05, 3.63) is 30.1 Å². The van der Waals surface area contributed by atoms with Crippen molar-refractivity contribution in [3.8, 4) is 5.75 Å². The molecule has 2 aromatic heterocycles. The van der Waals surface area contributed by atoms with E-state index in [1.807, 2.05) is 0 Å². The highest BCUT2D eigenvalue weighted by atomic mass is 32.2. The predicted molar refractivity (Wildman–Crippen MR) is 89.4 cm³/mol. The van der Waals surface area contributed by atoms with Crippen LogP contribution in [0.5, 0.6) is 5.75 Å². The number of hydrogen-bond donors (Lipinski definition) is 2. The fourth-order valence-electron chi connectivity index (χ4n) is 1.96. The topological polar surface area (TPSA) is 142 Å². The number of carbonyl (C=O) groups is 1. The van der Waals surface area contributed by atoms with Gasteiger partial charge in [0, 0.05) is 7.05 Å². The molecular weight excluding hydrogens is 368 g/mol. The molecule has 10 nitrogen and oxygen atoms in total. The third-order valence-electron chi connectivity index (χ3n) is 3.14. The van der Waals surface area contributed by atoms with Crippen molar-refractivity contribution in [1.29, 1.82) is 0 Å². The Bertz CT molecular complexity index is 1030. The van der Waals surface area contributed by atoms with Gasteiger partial charge in [0.1, 0.15) is 24.6 Å². The van der Waals surface area contributed by atoms with Crippen LogP contribution in [0, 0.1) is 0 Å². The number of nitrogens with one attached hydrogen (secondary N) is 1. The number of thiazole rings is 1. The van der Waals surface area contributed by atoms with Crippen molar-refractivity contribution in [2.75, 3.05) is 7.05 Å². The van der Waals surface area contributed by atoms with Crippen molar-refractivity contribution < 1.29 is 17.9 Å². The highest BCUT2D eigenvalue weighted by Crippen LogP contribution is 2.28. The lowest BCUT2D eigenvalue weighted by Crippen LogP contribution is -2.23. The molecule has 0 radical (unpaired) electrons. The first kappa shape index (κ1) is 17.3. The van der Waals surface area contributed by atoms with E-state index in [4.69, 9.17) is 9.88 Å². The number of primary sulfonamides is 1. The van der Waals surface area contributed by atoms with Gasteiger partial charge in [-0.05, 0) is 18.2 Å². The van der Waals surface area contributed by atoms with Gasteiger partial charge in [-0.25, -0.2) is 23.2 Å². The van der Waals surface area contributed by atoms with Gasteiger partial charge in [0.05, 0.1) is 16.4 Å². The summed E-state index contributed by atoms with van der Waals surface area (Å²) in [5.41, 5.74) is 1.08. The number of nitrogens with two attached hydrogens (primary N) is 1. The lowest BCUT2D eigenvalue weighted by molar-refractivity contribution is -0.121. The summed E-state index contributed by atoms with van der Waals surface area (Å²) >= 11 is 0.973. The second kappa shape index (κ2) is 6.74. The fourth-order valence-corrected chi connectivity index (χ4v) is 3.65. The molecule has 0 spiro atoms. The van der Waals surface area contributed by atoms with Gasteiger partial charge < -0.3 is 10.1 Å². The van der Waals surface area contributed by atoms with Crippen molar-refractivity contribution >= 4 is 37.5 Å². The Balaban J connectivity index is 1.70. The molecule has 0 atom stereocenters. The molecule has 25 heavy (non-hydrogen) atoms. The molecule has 0 saturated heterocycles. The molecule has 0 unspecified atom stereocenters. The number of fused-ring (bicyclic) bond motifs is 1. The summed E-state index contributed by atoms with van der Waals surface area (Å²) in [5.74, 6) is 0.344. The minimum absolute atomic E-state index is 0.0761. The molecule has 3 rings (SSSR count). The van der Waals surface area contributed by atoms with Crippen molar-refractivity contribution in [2.45, 2.75) is 17.5 Å². The molecule has 3 aromatic rings. The van der Waals surface area contributed by atoms with Gasteiger partial charge >= 0.3 is 0 Å². The summed E-state index contributed by atoms with van der Waals surface area (Å²) in [6, 6.07) is 5.00. The Morgan fingerprint density at radius 3 is 2.96 bits per heavy atom. The third-order valence-corrected chi connectivity index (χ3v) is 5.48. The molecule has 12 heteroatoms. The summed E-state index contributed by atoms with van der Waals surface area (Å²) in [7, 11) is -2.29. The maximum atomic E-state index is 11.3. The van der Waals surface area contributed by atoms with Gasteiger partial charge in [-0.1, -0.05) is 5.21 Å². The zero-order valence-electron chi connectivity index (χ0n) is 13.0. The number of benzene rings is 1. The summed E-state index contributed by atoms with van der Waals surface area (Å²) in [6.45, 7) is 0.229. The molecule has 132 valence electrons. The SMILES string of the molecule is CNC(=O)Cn1cc(COc2ccc3nc(S(N)(=O)=O)sc3c2)nn1. The number of likely N-dealkylation sites (N-methyl/N-ethyl adjacent to an activating group) is 1. The van der Waals surface area contributed by atoms with E-state index in [1.165, 1.54) is 4.68 Å². The molecule has 1 amide bonds. The molecule has 0 aliphatic heterocycles. The molecule has 0 bridgehead atoms. The monoisotopic (exact) mass is 382 g/mol. The highest BCUT2D eigenvalue weighted by Gasteiger charge is 2.15. The quantitative estimate of drug-likeness (QED) is 0.604. The summed E-state index contributed by atoms with van der Waals surface area (Å²) in [5, 5.41) is 15.3. The standard InChI is InChI=1S/C13H14N6O4S2/c1-15-12(20)6-19-5-8(17-18-19)7-23-9-2-3-10-11(4-9)24-13(16-10)25(14,21)22/h2-5H,6-7H2,1H3,(H,15,20)(H2,14,21,22). The van der Waals surface area contributed by atoms with Crippen LogP contribution in [0.4, 0.5) is 0 Å².